The van der Waals surface area contributed by atoms with Gasteiger partial charge in [-0.15, -0.1) is 12.4 Å². The SMILES string of the molecule is CCOC1CC(N)(C(=O)Nc2ccc(OC(F)F)cc2)C1(C)C.Cl. The highest BCUT2D eigenvalue weighted by Gasteiger charge is 2.62. The molecule has 5 nitrogen and oxygen atoms in total. The normalized spacial score (nSPS) is 24.7. The molecule has 1 aliphatic rings. The number of alkyl halides is 2. The molecule has 3 N–H and O–H groups in total. The Balaban J connectivity index is 0.00000288. The van der Waals surface area contributed by atoms with Crippen molar-refractivity contribution in [3.05, 3.63) is 24.3 Å². The highest BCUT2D eigenvalue weighted by Crippen LogP contribution is 2.50. The molecular formula is C16H23ClF2N2O3. The summed E-state index contributed by atoms with van der Waals surface area (Å²) < 4.78 is 34.1. The van der Waals surface area contributed by atoms with Crippen molar-refractivity contribution in [3.63, 3.8) is 0 Å². The quantitative estimate of drug-likeness (QED) is 0.813. The van der Waals surface area contributed by atoms with Gasteiger partial charge in [0, 0.05) is 24.1 Å². The summed E-state index contributed by atoms with van der Waals surface area (Å²) in [5.41, 5.74) is 5.21. The molecule has 0 heterocycles. The van der Waals surface area contributed by atoms with E-state index in [9.17, 15) is 13.6 Å². The van der Waals surface area contributed by atoms with Gasteiger partial charge in [0.1, 0.15) is 11.3 Å². The van der Waals surface area contributed by atoms with E-state index in [0.29, 0.717) is 18.7 Å². The average molecular weight is 365 g/mol. The zero-order chi connectivity index (χ0) is 17.3. The third-order valence-corrected chi connectivity index (χ3v) is 4.57. The maximum absolute atomic E-state index is 12.5. The van der Waals surface area contributed by atoms with Crippen molar-refractivity contribution in [2.75, 3.05) is 11.9 Å². The molecule has 2 atom stereocenters. The van der Waals surface area contributed by atoms with Crippen LogP contribution in [0.2, 0.25) is 0 Å². The Bertz CT molecular complexity index is 569. The minimum Gasteiger partial charge on any atom is -0.435 e. The summed E-state index contributed by atoms with van der Waals surface area (Å²) in [6.45, 7) is 3.38. The fourth-order valence-electron chi connectivity index (χ4n) is 2.78. The van der Waals surface area contributed by atoms with Gasteiger partial charge in [0.2, 0.25) is 5.91 Å². The number of rotatable bonds is 6. The topological polar surface area (TPSA) is 73.6 Å². The Morgan fingerprint density at radius 2 is 1.96 bits per heavy atom. The first kappa shape index (κ1) is 20.6. The number of hydrogen-bond donors (Lipinski definition) is 2. The highest BCUT2D eigenvalue weighted by molar-refractivity contribution is 5.99. The summed E-state index contributed by atoms with van der Waals surface area (Å²) in [6, 6.07) is 5.70. The lowest BCUT2D eigenvalue weighted by Crippen LogP contribution is -2.74. The third-order valence-electron chi connectivity index (χ3n) is 4.57. The number of halogens is 3. The van der Waals surface area contributed by atoms with Crippen LogP contribution >= 0.6 is 12.4 Å². The summed E-state index contributed by atoms with van der Waals surface area (Å²) in [7, 11) is 0. The fourth-order valence-corrected chi connectivity index (χ4v) is 2.78. The molecule has 1 aliphatic carbocycles. The van der Waals surface area contributed by atoms with Gasteiger partial charge in [-0.3, -0.25) is 4.79 Å². The molecule has 1 amide bonds. The minimum absolute atomic E-state index is 0. The molecule has 1 aromatic carbocycles. The van der Waals surface area contributed by atoms with Crippen LogP contribution in [0.4, 0.5) is 14.5 Å². The zero-order valence-electron chi connectivity index (χ0n) is 13.8. The van der Waals surface area contributed by atoms with Crippen molar-refractivity contribution in [1.82, 2.24) is 0 Å². The summed E-state index contributed by atoms with van der Waals surface area (Å²) in [5, 5.41) is 2.72. The first-order valence-electron chi connectivity index (χ1n) is 7.47. The fraction of sp³-hybridized carbons (Fsp3) is 0.562. The van der Waals surface area contributed by atoms with Crippen molar-refractivity contribution in [1.29, 1.82) is 0 Å². The molecule has 0 aliphatic heterocycles. The van der Waals surface area contributed by atoms with E-state index >= 15 is 0 Å². The van der Waals surface area contributed by atoms with Crippen LogP contribution in [-0.4, -0.2) is 30.8 Å². The van der Waals surface area contributed by atoms with E-state index in [1.54, 1.807) is 0 Å². The Kier molecular flexibility index (Phi) is 6.55. The maximum atomic E-state index is 12.5. The van der Waals surface area contributed by atoms with Crippen molar-refractivity contribution in [3.8, 4) is 5.75 Å². The molecule has 0 radical (unpaired) electrons. The summed E-state index contributed by atoms with van der Waals surface area (Å²) in [5.74, 6) is -0.290. The number of carbonyl (C=O) groups excluding carboxylic acids is 1. The number of anilines is 1. The first-order valence-corrected chi connectivity index (χ1v) is 7.47. The van der Waals surface area contributed by atoms with Gasteiger partial charge in [-0.05, 0) is 31.2 Å². The van der Waals surface area contributed by atoms with E-state index in [1.807, 2.05) is 20.8 Å². The van der Waals surface area contributed by atoms with Crippen LogP contribution in [0.15, 0.2) is 24.3 Å². The van der Waals surface area contributed by atoms with E-state index in [-0.39, 0.29) is 30.2 Å². The van der Waals surface area contributed by atoms with E-state index in [2.05, 4.69) is 10.1 Å². The largest absolute Gasteiger partial charge is 0.435 e. The summed E-state index contributed by atoms with van der Waals surface area (Å²) in [4.78, 5) is 12.5. The van der Waals surface area contributed by atoms with Crippen LogP contribution in [-0.2, 0) is 9.53 Å². The van der Waals surface area contributed by atoms with Gasteiger partial charge < -0.3 is 20.5 Å². The smallest absolute Gasteiger partial charge is 0.387 e. The second kappa shape index (κ2) is 7.63. The van der Waals surface area contributed by atoms with E-state index in [0.717, 1.165) is 0 Å². The van der Waals surface area contributed by atoms with Crippen molar-refractivity contribution >= 4 is 24.0 Å². The van der Waals surface area contributed by atoms with E-state index in [4.69, 9.17) is 10.5 Å². The number of carbonyl (C=O) groups is 1. The number of nitrogens with one attached hydrogen (secondary N) is 1. The molecule has 24 heavy (non-hydrogen) atoms. The number of hydrogen-bond acceptors (Lipinski definition) is 4. The van der Waals surface area contributed by atoms with Gasteiger partial charge in [0.05, 0.1) is 6.10 Å². The lowest BCUT2D eigenvalue weighted by Gasteiger charge is -2.57. The molecule has 1 saturated carbocycles. The van der Waals surface area contributed by atoms with Gasteiger partial charge in [-0.2, -0.15) is 8.78 Å². The molecule has 0 saturated heterocycles. The molecule has 1 aromatic rings. The molecule has 8 heteroatoms. The lowest BCUT2D eigenvalue weighted by atomic mass is 9.54. The Hall–Kier alpha value is -1.44. The number of amides is 1. The predicted octanol–water partition coefficient (Wildman–Crippen LogP) is 3.18. The molecule has 2 unspecified atom stereocenters. The number of nitrogens with two attached hydrogens (primary N) is 1. The standard InChI is InChI=1S/C16H22F2N2O3.ClH/c1-4-22-12-9-16(19,15(12,2)3)13(21)20-10-5-7-11(8-6-10)23-14(17)18;/h5-8,12,14H,4,9,19H2,1-3H3,(H,20,21);1H. The molecule has 0 aromatic heterocycles. The molecule has 1 fully saturated rings. The molecular weight excluding hydrogens is 342 g/mol. The third kappa shape index (κ3) is 3.79. The molecule has 0 bridgehead atoms. The predicted molar refractivity (Wildman–Crippen MR) is 89.7 cm³/mol. The maximum Gasteiger partial charge on any atom is 0.387 e. The molecule has 136 valence electrons. The van der Waals surface area contributed by atoms with Crippen LogP contribution in [0.3, 0.4) is 0 Å². The Morgan fingerprint density at radius 1 is 1.38 bits per heavy atom. The van der Waals surface area contributed by atoms with E-state index < -0.39 is 17.6 Å². The van der Waals surface area contributed by atoms with Crippen LogP contribution in [0.1, 0.15) is 27.2 Å². The summed E-state index contributed by atoms with van der Waals surface area (Å²) >= 11 is 0. The monoisotopic (exact) mass is 364 g/mol. The number of benzene rings is 1. The van der Waals surface area contributed by atoms with Gasteiger partial charge in [-0.1, -0.05) is 13.8 Å². The van der Waals surface area contributed by atoms with Crippen LogP contribution in [0.25, 0.3) is 0 Å². The van der Waals surface area contributed by atoms with Gasteiger partial charge >= 0.3 is 6.61 Å². The number of ether oxygens (including phenoxy) is 2. The van der Waals surface area contributed by atoms with Crippen LogP contribution < -0.4 is 15.8 Å². The second-order valence-corrected chi connectivity index (χ2v) is 6.20. The Labute approximate surface area is 146 Å². The average Bonchev–Trinajstić information content (AvgIpc) is 2.48. The Morgan fingerprint density at radius 3 is 2.42 bits per heavy atom. The van der Waals surface area contributed by atoms with Crippen LogP contribution in [0, 0.1) is 5.41 Å². The summed E-state index contributed by atoms with van der Waals surface area (Å²) in [6.07, 6.45) is 0.372. The van der Waals surface area contributed by atoms with Gasteiger partial charge in [0.15, 0.2) is 0 Å². The van der Waals surface area contributed by atoms with Gasteiger partial charge in [0.25, 0.3) is 0 Å². The zero-order valence-corrected chi connectivity index (χ0v) is 14.7. The highest BCUT2D eigenvalue weighted by atomic mass is 35.5. The van der Waals surface area contributed by atoms with Crippen molar-refractivity contribution in [2.24, 2.45) is 11.1 Å². The molecule has 2 rings (SSSR count). The van der Waals surface area contributed by atoms with E-state index in [1.165, 1.54) is 24.3 Å². The van der Waals surface area contributed by atoms with Crippen molar-refractivity contribution < 1.29 is 23.0 Å². The lowest BCUT2D eigenvalue weighted by molar-refractivity contribution is -0.166. The minimum atomic E-state index is -2.88. The van der Waals surface area contributed by atoms with Crippen LogP contribution in [0.5, 0.6) is 5.75 Å². The van der Waals surface area contributed by atoms with Gasteiger partial charge in [-0.25, -0.2) is 0 Å². The second-order valence-electron chi connectivity index (χ2n) is 6.20. The molecule has 0 spiro atoms. The first-order chi connectivity index (χ1) is 10.7. The van der Waals surface area contributed by atoms with Crippen molar-refractivity contribution in [2.45, 2.75) is 45.4 Å².